The summed E-state index contributed by atoms with van der Waals surface area (Å²) >= 11 is 3.60. The van der Waals surface area contributed by atoms with Crippen LogP contribution in [0.1, 0.15) is 58.8 Å². The molecule has 1 atom stereocenters. The quantitative estimate of drug-likeness (QED) is 0.527. The zero-order valence-electron chi connectivity index (χ0n) is 17.6. The van der Waals surface area contributed by atoms with Crippen LogP contribution in [0.25, 0.3) is 0 Å². The highest BCUT2D eigenvalue weighted by atomic mass is 79.9. The summed E-state index contributed by atoms with van der Waals surface area (Å²) in [7, 11) is 3.24. The predicted octanol–water partition coefficient (Wildman–Crippen LogP) is 4.73. The second kappa shape index (κ2) is 8.76. The molecule has 30 heavy (non-hydrogen) atoms. The van der Waals surface area contributed by atoms with Crippen LogP contribution in [0.4, 0.5) is 5.82 Å². The first kappa shape index (κ1) is 21.7. The number of aromatic nitrogens is 3. The maximum Gasteiger partial charge on any atom is 0.339 e. The minimum Gasteiger partial charge on any atom is -0.465 e. The Bertz CT molecular complexity index is 1110. The average molecular weight is 470 g/mol. The molecule has 3 rings (SSSR count). The Kier molecular flexibility index (Phi) is 6.32. The van der Waals surface area contributed by atoms with Crippen LogP contribution in [0, 0.1) is 18.3 Å². The molecule has 156 valence electrons. The van der Waals surface area contributed by atoms with Crippen molar-refractivity contribution in [3.63, 3.8) is 0 Å². The Morgan fingerprint density at radius 2 is 1.93 bits per heavy atom. The topological polar surface area (TPSA) is 84.9 Å². The number of nitrogens with one attached hydrogen (secondary N) is 1. The Morgan fingerprint density at radius 3 is 2.43 bits per heavy atom. The lowest BCUT2D eigenvalue weighted by atomic mass is 9.99. The van der Waals surface area contributed by atoms with Crippen LogP contribution >= 0.6 is 15.9 Å². The standard InChI is InChI=1S/C22H24BrN5O2/c1-13(2)28-18(23)11-17(22(29)30-5)21(28)20(16-8-6-15(12-24)7-9-16)25-19-10-14(3)26-27(19)4/h6-11,13,20,25H,1-5H3. The third kappa shape index (κ3) is 4.12. The molecule has 0 amide bonds. The lowest BCUT2D eigenvalue weighted by Crippen LogP contribution is -2.22. The van der Waals surface area contributed by atoms with E-state index in [2.05, 4.69) is 50.8 Å². The lowest BCUT2D eigenvalue weighted by molar-refractivity contribution is 0.0599. The number of aryl methyl sites for hydroxylation is 2. The van der Waals surface area contributed by atoms with E-state index >= 15 is 0 Å². The Hall–Kier alpha value is -3.05. The van der Waals surface area contributed by atoms with Crippen molar-refractivity contribution >= 4 is 27.7 Å². The molecule has 7 nitrogen and oxygen atoms in total. The molecule has 2 aromatic heterocycles. The molecule has 3 aromatic rings. The van der Waals surface area contributed by atoms with Crippen molar-refractivity contribution in [2.75, 3.05) is 12.4 Å². The number of anilines is 1. The number of ether oxygens (including phenoxy) is 1. The van der Waals surface area contributed by atoms with E-state index in [-0.39, 0.29) is 12.1 Å². The number of carbonyl (C=O) groups is 1. The van der Waals surface area contributed by atoms with Gasteiger partial charge in [0, 0.05) is 19.2 Å². The van der Waals surface area contributed by atoms with Gasteiger partial charge < -0.3 is 14.6 Å². The smallest absolute Gasteiger partial charge is 0.339 e. The van der Waals surface area contributed by atoms with Crippen LogP contribution in [0.5, 0.6) is 0 Å². The molecule has 0 aliphatic heterocycles. The molecular formula is C22H24BrN5O2. The normalized spacial score (nSPS) is 11.9. The molecule has 0 aliphatic carbocycles. The van der Waals surface area contributed by atoms with Crippen molar-refractivity contribution < 1.29 is 9.53 Å². The molecule has 0 aliphatic rings. The van der Waals surface area contributed by atoms with Crippen LogP contribution in [-0.2, 0) is 11.8 Å². The van der Waals surface area contributed by atoms with Gasteiger partial charge >= 0.3 is 5.97 Å². The van der Waals surface area contributed by atoms with Crippen molar-refractivity contribution in [2.24, 2.45) is 7.05 Å². The van der Waals surface area contributed by atoms with Crippen LogP contribution in [0.15, 0.2) is 41.0 Å². The molecule has 2 heterocycles. The van der Waals surface area contributed by atoms with E-state index in [1.54, 1.807) is 22.9 Å². The van der Waals surface area contributed by atoms with E-state index in [4.69, 9.17) is 4.74 Å². The van der Waals surface area contributed by atoms with E-state index in [9.17, 15) is 10.1 Å². The fourth-order valence-corrected chi connectivity index (χ4v) is 4.38. The van der Waals surface area contributed by atoms with E-state index in [1.165, 1.54) is 7.11 Å². The minimum absolute atomic E-state index is 0.0868. The van der Waals surface area contributed by atoms with Gasteiger partial charge in [-0.25, -0.2) is 4.79 Å². The second-order valence-corrected chi connectivity index (χ2v) is 8.14. The van der Waals surface area contributed by atoms with E-state index in [0.29, 0.717) is 11.1 Å². The van der Waals surface area contributed by atoms with Crippen molar-refractivity contribution in [3.8, 4) is 6.07 Å². The number of nitrogens with zero attached hydrogens (tertiary/aromatic N) is 4. The molecule has 1 aromatic carbocycles. The summed E-state index contributed by atoms with van der Waals surface area (Å²) in [5.74, 6) is 0.400. The van der Waals surface area contributed by atoms with E-state index < -0.39 is 5.97 Å². The van der Waals surface area contributed by atoms with Gasteiger partial charge in [-0.1, -0.05) is 12.1 Å². The van der Waals surface area contributed by atoms with Crippen molar-refractivity contribution in [1.29, 1.82) is 5.26 Å². The molecule has 0 fully saturated rings. The van der Waals surface area contributed by atoms with Gasteiger partial charge in [0.25, 0.3) is 0 Å². The van der Waals surface area contributed by atoms with Crippen LogP contribution in [0.2, 0.25) is 0 Å². The zero-order chi connectivity index (χ0) is 22.0. The molecule has 8 heteroatoms. The molecule has 1 N–H and O–H groups in total. The zero-order valence-corrected chi connectivity index (χ0v) is 19.2. The number of benzene rings is 1. The summed E-state index contributed by atoms with van der Waals surface area (Å²) < 4.78 is 9.68. The maximum absolute atomic E-state index is 12.6. The second-order valence-electron chi connectivity index (χ2n) is 7.33. The highest BCUT2D eigenvalue weighted by molar-refractivity contribution is 9.10. The van der Waals surface area contributed by atoms with Gasteiger partial charge in [0.05, 0.1) is 46.3 Å². The Morgan fingerprint density at radius 1 is 1.27 bits per heavy atom. The number of esters is 1. The molecule has 0 saturated heterocycles. The number of nitriles is 1. The molecule has 1 unspecified atom stereocenters. The van der Waals surface area contributed by atoms with Crippen molar-refractivity contribution in [1.82, 2.24) is 14.3 Å². The third-order valence-corrected chi connectivity index (χ3v) is 5.50. The summed E-state index contributed by atoms with van der Waals surface area (Å²) in [6.07, 6.45) is 0. The number of carbonyl (C=O) groups excluding carboxylic acids is 1. The first-order valence-electron chi connectivity index (χ1n) is 9.53. The first-order valence-corrected chi connectivity index (χ1v) is 10.3. The number of hydrogen-bond acceptors (Lipinski definition) is 5. The predicted molar refractivity (Wildman–Crippen MR) is 118 cm³/mol. The van der Waals surface area contributed by atoms with E-state index in [1.807, 2.05) is 32.2 Å². The summed E-state index contributed by atoms with van der Waals surface area (Å²) in [5, 5.41) is 17.1. The molecular weight excluding hydrogens is 446 g/mol. The molecule has 0 bridgehead atoms. The summed E-state index contributed by atoms with van der Waals surface area (Å²) in [5.41, 5.74) is 3.60. The van der Waals surface area contributed by atoms with Gasteiger partial charge in [0.15, 0.2) is 0 Å². The van der Waals surface area contributed by atoms with Gasteiger partial charge in [-0.05, 0) is 60.5 Å². The highest BCUT2D eigenvalue weighted by Crippen LogP contribution is 2.36. The number of halogens is 1. The molecule has 0 saturated carbocycles. The van der Waals surface area contributed by atoms with Gasteiger partial charge in [-0.15, -0.1) is 0 Å². The highest BCUT2D eigenvalue weighted by Gasteiger charge is 2.29. The maximum atomic E-state index is 12.6. The average Bonchev–Trinajstić information content (AvgIpc) is 3.23. The third-order valence-electron chi connectivity index (χ3n) is 4.89. The van der Waals surface area contributed by atoms with Crippen LogP contribution < -0.4 is 5.32 Å². The first-order chi connectivity index (χ1) is 14.3. The largest absolute Gasteiger partial charge is 0.465 e. The van der Waals surface area contributed by atoms with Crippen LogP contribution in [-0.4, -0.2) is 27.4 Å². The lowest BCUT2D eigenvalue weighted by Gasteiger charge is -2.26. The van der Waals surface area contributed by atoms with Crippen LogP contribution in [0.3, 0.4) is 0 Å². The molecule has 0 spiro atoms. The number of rotatable bonds is 6. The van der Waals surface area contributed by atoms with Gasteiger partial charge in [0.1, 0.15) is 5.82 Å². The number of methoxy groups -OCH3 is 1. The van der Waals surface area contributed by atoms with Gasteiger partial charge in [-0.3, -0.25) is 4.68 Å². The van der Waals surface area contributed by atoms with Gasteiger partial charge in [0.2, 0.25) is 0 Å². The minimum atomic E-state index is -0.410. The fourth-order valence-electron chi connectivity index (χ4n) is 3.55. The van der Waals surface area contributed by atoms with Gasteiger partial charge in [-0.2, -0.15) is 10.4 Å². The summed E-state index contributed by atoms with van der Waals surface area (Å²) in [4.78, 5) is 12.6. The summed E-state index contributed by atoms with van der Waals surface area (Å²) in [6.45, 7) is 6.04. The number of hydrogen-bond donors (Lipinski definition) is 1. The fraction of sp³-hybridized carbons (Fsp3) is 0.318. The van der Waals surface area contributed by atoms with E-state index in [0.717, 1.165) is 27.4 Å². The Labute approximate surface area is 184 Å². The summed E-state index contributed by atoms with van der Waals surface area (Å²) in [6, 6.07) is 12.9. The SMILES string of the molecule is COC(=O)c1cc(Br)n(C(C)C)c1C(Nc1cc(C)nn1C)c1ccc(C#N)cc1. The van der Waals surface area contributed by atoms with Crippen molar-refractivity contribution in [2.45, 2.75) is 32.9 Å². The van der Waals surface area contributed by atoms with Crippen molar-refractivity contribution in [3.05, 3.63) is 69.1 Å². The Balaban J connectivity index is 2.24. The molecule has 0 radical (unpaired) electrons. The monoisotopic (exact) mass is 469 g/mol.